The fourth-order valence-electron chi connectivity index (χ4n) is 3.19. The molecular weight excluding hydrogens is 629 g/mol. The number of carbonyl (C=O) groups is 2. The Morgan fingerprint density at radius 2 is 1.56 bits per heavy atom. The number of ether oxygens (including phenoxy) is 2. The van der Waals surface area contributed by atoms with E-state index in [2.05, 4.69) is 37.2 Å². The lowest BCUT2D eigenvalue weighted by atomic mass is 10.0. The number of nitriles is 1. The molecule has 3 rings (SSSR count). The Morgan fingerprint density at radius 1 is 1.00 bits per heavy atom. The predicted molar refractivity (Wildman–Crippen MR) is 165 cm³/mol. The maximum Gasteiger partial charge on any atom is 0.420 e. The number of amides is 2. The molecule has 212 valence electrons. The highest BCUT2D eigenvalue weighted by Gasteiger charge is 2.32. The lowest BCUT2D eigenvalue weighted by molar-refractivity contribution is -0.000258. The fraction of sp³-hybridized carbons (Fsp3) is 0.464. The van der Waals surface area contributed by atoms with E-state index >= 15 is 0 Å². The molecule has 9 nitrogen and oxygen atoms in total. The molecule has 0 bridgehead atoms. The minimum atomic E-state index is -0.852. The second-order valence-corrected chi connectivity index (χ2v) is 11.4. The first-order valence-corrected chi connectivity index (χ1v) is 16.0. The van der Waals surface area contributed by atoms with Crippen molar-refractivity contribution in [3.05, 3.63) is 47.9 Å². The number of halogens is 1. The molecule has 3 aromatic rings. The molecule has 0 fully saturated rings. The third-order valence-electron chi connectivity index (χ3n) is 4.58. The highest BCUT2D eigenvalue weighted by Crippen LogP contribution is 2.31. The monoisotopic (exact) mass is 667 g/mol. The molecule has 11 heteroatoms. The summed E-state index contributed by atoms with van der Waals surface area (Å²) in [6.07, 6.45) is 1.68. The van der Waals surface area contributed by atoms with Crippen LogP contribution in [0.3, 0.4) is 0 Å². The maximum absolute atomic E-state index is 12.9. The van der Waals surface area contributed by atoms with Gasteiger partial charge in [-0.15, -0.1) is 0 Å². The lowest BCUT2D eigenvalue weighted by Gasteiger charge is -2.28. The number of benzene rings is 1. The SMILES string of the molecule is CC.CC.CC(C)(C)OC(=O)N(Cc1ccc(-c2ncnc3c2ccn3SI)cc1C#N)C(=O)OC(C)(C)C. The molecule has 0 aliphatic carbocycles. The van der Waals surface area contributed by atoms with Crippen LogP contribution in [-0.4, -0.2) is 42.2 Å². The Kier molecular flexibility index (Phi) is 13.2. The Labute approximate surface area is 248 Å². The molecule has 1 aromatic carbocycles. The van der Waals surface area contributed by atoms with E-state index in [4.69, 9.17) is 9.47 Å². The molecule has 2 amide bonds. The summed E-state index contributed by atoms with van der Waals surface area (Å²) in [5, 5.41) is 10.7. The normalized spacial score (nSPS) is 10.8. The van der Waals surface area contributed by atoms with E-state index in [1.807, 2.05) is 43.9 Å². The average Bonchev–Trinajstić information content (AvgIpc) is 3.31. The van der Waals surface area contributed by atoms with Gasteiger partial charge in [0, 0.05) is 47.5 Å². The summed E-state index contributed by atoms with van der Waals surface area (Å²) in [4.78, 5) is 35.3. The second-order valence-electron chi connectivity index (χ2n) is 9.70. The quantitative estimate of drug-likeness (QED) is 0.255. The topological polar surface area (TPSA) is 110 Å². The molecule has 2 heterocycles. The zero-order valence-electron chi connectivity index (χ0n) is 24.3. The Morgan fingerprint density at radius 3 is 2.05 bits per heavy atom. The van der Waals surface area contributed by atoms with E-state index in [-0.39, 0.29) is 6.54 Å². The summed E-state index contributed by atoms with van der Waals surface area (Å²) in [5.41, 5.74) is 1.30. The predicted octanol–water partition coefficient (Wildman–Crippen LogP) is 8.54. The number of carbonyl (C=O) groups excluding carboxylic acids is 2. The van der Waals surface area contributed by atoms with Gasteiger partial charge in [0.2, 0.25) is 0 Å². The van der Waals surface area contributed by atoms with Crippen LogP contribution in [0, 0.1) is 11.3 Å². The van der Waals surface area contributed by atoms with E-state index in [0.717, 1.165) is 21.5 Å². The molecule has 0 saturated carbocycles. The first-order chi connectivity index (χ1) is 18.3. The summed E-state index contributed by atoms with van der Waals surface area (Å²) >= 11 is 2.17. The van der Waals surface area contributed by atoms with Crippen molar-refractivity contribution in [1.82, 2.24) is 18.8 Å². The summed E-state index contributed by atoms with van der Waals surface area (Å²) < 4.78 is 12.8. The van der Waals surface area contributed by atoms with Gasteiger partial charge in [-0.2, -0.15) is 5.26 Å². The van der Waals surface area contributed by atoms with Gasteiger partial charge < -0.3 is 9.47 Å². The standard InChI is InChI=1S/C24H26IN5O4S.2C2H6/c1-23(2,3)33-21(31)29(22(32)34-24(4,5)6)13-16-8-7-15(11-17(16)12-26)19-18-9-10-30(35-25)20(18)28-14-27-19;2*1-2/h7-11,14H,13H2,1-6H3;2*1-2H3. The number of nitrogens with zero attached hydrogens (tertiary/aromatic N) is 5. The van der Waals surface area contributed by atoms with Crippen LogP contribution in [0.4, 0.5) is 9.59 Å². The van der Waals surface area contributed by atoms with Crippen LogP contribution in [-0.2, 0) is 16.0 Å². The van der Waals surface area contributed by atoms with Crippen molar-refractivity contribution < 1.29 is 19.1 Å². The highest BCUT2D eigenvalue weighted by atomic mass is 127. The van der Waals surface area contributed by atoms with E-state index < -0.39 is 23.4 Å². The largest absolute Gasteiger partial charge is 0.443 e. The van der Waals surface area contributed by atoms with Gasteiger partial charge in [-0.05, 0) is 59.2 Å². The van der Waals surface area contributed by atoms with Gasteiger partial charge in [-0.1, -0.05) is 39.8 Å². The minimum absolute atomic E-state index is 0.186. The number of hydrogen-bond donors (Lipinski definition) is 0. The van der Waals surface area contributed by atoms with Crippen molar-refractivity contribution in [1.29, 1.82) is 5.26 Å². The molecule has 0 spiro atoms. The van der Waals surface area contributed by atoms with E-state index in [1.165, 1.54) is 15.4 Å². The summed E-state index contributed by atoms with van der Waals surface area (Å²) in [6, 6.07) is 9.28. The van der Waals surface area contributed by atoms with Gasteiger partial charge in [0.25, 0.3) is 0 Å². The summed E-state index contributed by atoms with van der Waals surface area (Å²) in [6.45, 7) is 18.1. The molecule has 39 heavy (non-hydrogen) atoms. The molecule has 0 unspecified atom stereocenters. The zero-order valence-corrected chi connectivity index (χ0v) is 27.3. The highest BCUT2D eigenvalue weighted by molar-refractivity contribution is 14.2. The van der Waals surface area contributed by atoms with Gasteiger partial charge in [0.15, 0.2) is 5.65 Å². The van der Waals surface area contributed by atoms with Gasteiger partial charge in [0.1, 0.15) is 17.5 Å². The number of aromatic nitrogens is 3. The Balaban J connectivity index is 0.00000181. The zero-order chi connectivity index (χ0) is 30.0. The smallest absolute Gasteiger partial charge is 0.420 e. The van der Waals surface area contributed by atoms with Crippen LogP contribution in [0.15, 0.2) is 36.8 Å². The number of fused-ring (bicyclic) bond motifs is 1. The van der Waals surface area contributed by atoms with Crippen LogP contribution >= 0.6 is 30.3 Å². The molecule has 0 radical (unpaired) electrons. The Hall–Kier alpha value is -2.85. The lowest BCUT2D eigenvalue weighted by Crippen LogP contribution is -2.43. The van der Waals surface area contributed by atoms with Gasteiger partial charge >= 0.3 is 12.2 Å². The van der Waals surface area contributed by atoms with Crippen molar-refractivity contribution >= 4 is 53.5 Å². The van der Waals surface area contributed by atoms with Crippen LogP contribution in [0.25, 0.3) is 22.3 Å². The van der Waals surface area contributed by atoms with Gasteiger partial charge in [-0.3, -0.25) is 3.97 Å². The van der Waals surface area contributed by atoms with Crippen molar-refractivity contribution in [2.24, 2.45) is 0 Å². The molecule has 0 atom stereocenters. The molecule has 0 N–H and O–H groups in total. The van der Waals surface area contributed by atoms with Gasteiger partial charge in [0.05, 0.1) is 23.9 Å². The first-order valence-electron chi connectivity index (χ1n) is 12.7. The average molecular weight is 668 g/mol. The summed E-state index contributed by atoms with van der Waals surface area (Å²) in [7, 11) is 1.49. The molecule has 0 saturated heterocycles. The number of rotatable bonds is 4. The van der Waals surface area contributed by atoms with Crippen molar-refractivity contribution in [2.45, 2.75) is 87.0 Å². The molecule has 2 aromatic heterocycles. The van der Waals surface area contributed by atoms with Crippen molar-refractivity contribution in [3.63, 3.8) is 0 Å². The molecule has 0 aliphatic rings. The Bertz CT molecular complexity index is 1280. The van der Waals surface area contributed by atoms with Crippen molar-refractivity contribution in [3.8, 4) is 17.3 Å². The van der Waals surface area contributed by atoms with Crippen LogP contribution < -0.4 is 0 Å². The van der Waals surface area contributed by atoms with Gasteiger partial charge in [-0.25, -0.2) is 24.5 Å². The number of imide groups is 1. The maximum atomic E-state index is 12.9. The molecular formula is C28H38IN5O4S. The van der Waals surface area contributed by atoms with Crippen molar-refractivity contribution in [2.75, 3.05) is 0 Å². The van der Waals surface area contributed by atoms with E-state index in [9.17, 15) is 14.9 Å². The minimum Gasteiger partial charge on any atom is -0.443 e. The number of hydrogen-bond acceptors (Lipinski definition) is 8. The molecule has 0 aliphatic heterocycles. The van der Waals surface area contributed by atoms with E-state index in [0.29, 0.717) is 16.8 Å². The third kappa shape index (κ3) is 9.69. The first kappa shape index (κ1) is 34.2. The van der Waals surface area contributed by atoms with Crippen LogP contribution in [0.5, 0.6) is 0 Å². The van der Waals surface area contributed by atoms with Crippen LogP contribution in [0.1, 0.15) is 80.4 Å². The fourth-order valence-corrected chi connectivity index (χ4v) is 4.46. The second kappa shape index (κ2) is 15.1. The third-order valence-corrected chi connectivity index (χ3v) is 6.30. The van der Waals surface area contributed by atoms with E-state index in [1.54, 1.807) is 59.7 Å². The van der Waals surface area contributed by atoms with Crippen LogP contribution in [0.2, 0.25) is 0 Å². The summed E-state index contributed by atoms with van der Waals surface area (Å²) in [5.74, 6) is 0.